The van der Waals surface area contributed by atoms with Crippen molar-refractivity contribution in [2.75, 3.05) is 0 Å². The van der Waals surface area contributed by atoms with Crippen molar-refractivity contribution >= 4 is 6.08 Å². The van der Waals surface area contributed by atoms with Crippen LogP contribution in [0.1, 0.15) is 11.1 Å². The highest BCUT2D eigenvalue weighted by molar-refractivity contribution is 5.63. The molecule has 14 heteroatoms. The molecule has 1 aliphatic rings. The summed E-state index contributed by atoms with van der Waals surface area (Å²) in [4.78, 5) is 0. The fourth-order valence-corrected chi connectivity index (χ4v) is 2.21. The number of rotatable bonds is 4. The normalized spacial score (nSPS) is 20.7. The molecule has 3 nitrogen and oxygen atoms in total. The van der Waals surface area contributed by atoms with Gasteiger partial charge in [-0.05, 0) is 30.4 Å². The summed E-state index contributed by atoms with van der Waals surface area (Å²) in [7, 11) is 0. The van der Waals surface area contributed by atoms with Gasteiger partial charge in [-0.25, -0.2) is 0 Å². The monoisotopic (exact) mass is 441 g/mol. The van der Waals surface area contributed by atoms with E-state index < -0.39 is 41.4 Å². The maximum absolute atomic E-state index is 14.1. The third-order valence-corrected chi connectivity index (χ3v) is 3.88. The molecule has 1 aromatic carbocycles. The van der Waals surface area contributed by atoms with Crippen LogP contribution in [0.4, 0.5) is 48.3 Å². The fourth-order valence-electron chi connectivity index (χ4n) is 2.21. The number of fused-ring (bicyclic) bond motifs is 1. The Kier molecular flexibility index (Phi) is 4.87. The van der Waals surface area contributed by atoms with Crippen LogP contribution < -0.4 is 4.74 Å². The minimum Gasteiger partial charge on any atom is -0.452 e. The van der Waals surface area contributed by atoms with E-state index in [4.69, 9.17) is 5.26 Å². The average Bonchev–Trinajstić information content (AvgIpc) is 2.59. The number of nitrogens with zero attached hydrogens (tertiary/aromatic N) is 1. The standard InChI is InChI=1S/C15H6F11NO2/c16-11(17,12(18,19)13(20,21)14(22,23)15(24,25)26)10(28)4-3-8-5-7(6-27)1-2-9(8)29-10/h1-5,28H. The lowest BCUT2D eigenvalue weighted by atomic mass is 9.90. The van der Waals surface area contributed by atoms with Gasteiger partial charge in [0.25, 0.3) is 5.79 Å². The molecule has 29 heavy (non-hydrogen) atoms. The number of halogens is 11. The van der Waals surface area contributed by atoms with Gasteiger partial charge in [0.1, 0.15) is 5.75 Å². The highest BCUT2D eigenvalue weighted by Gasteiger charge is 2.90. The molecule has 0 radical (unpaired) electrons. The molecule has 0 saturated carbocycles. The van der Waals surface area contributed by atoms with Gasteiger partial charge in [0.15, 0.2) is 0 Å². The van der Waals surface area contributed by atoms with Crippen LogP contribution in [-0.4, -0.2) is 40.8 Å². The van der Waals surface area contributed by atoms with Crippen LogP contribution >= 0.6 is 0 Å². The van der Waals surface area contributed by atoms with Crippen molar-refractivity contribution < 1.29 is 58.1 Å². The first kappa shape index (κ1) is 22.7. The van der Waals surface area contributed by atoms with E-state index >= 15 is 0 Å². The van der Waals surface area contributed by atoms with E-state index in [0.29, 0.717) is 12.1 Å². The van der Waals surface area contributed by atoms with Gasteiger partial charge in [-0.1, -0.05) is 0 Å². The smallest absolute Gasteiger partial charge is 0.452 e. The molecule has 1 unspecified atom stereocenters. The number of hydrogen-bond acceptors (Lipinski definition) is 3. The van der Waals surface area contributed by atoms with Crippen molar-refractivity contribution in [3.63, 3.8) is 0 Å². The van der Waals surface area contributed by atoms with Crippen LogP contribution in [0.15, 0.2) is 24.3 Å². The van der Waals surface area contributed by atoms with E-state index in [1.54, 1.807) is 6.07 Å². The van der Waals surface area contributed by atoms with E-state index in [9.17, 15) is 53.4 Å². The van der Waals surface area contributed by atoms with E-state index in [0.717, 1.165) is 12.1 Å². The molecule has 1 heterocycles. The van der Waals surface area contributed by atoms with Crippen molar-refractivity contribution in [1.82, 2.24) is 0 Å². The molecule has 0 saturated heterocycles. The first-order chi connectivity index (χ1) is 12.9. The Labute approximate surface area is 153 Å². The Hall–Kier alpha value is -2.56. The zero-order valence-corrected chi connectivity index (χ0v) is 13.3. The van der Waals surface area contributed by atoms with Crippen molar-refractivity contribution in [3.8, 4) is 11.8 Å². The molecule has 1 atom stereocenters. The predicted molar refractivity (Wildman–Crippen MR) is 71.6 cm³/mol. The van der Waals surface area contributed by atoms with Gasteiger partial charge in [0, 0.05) is 5.56 Å². The zero-order chi connectivity index (χ0) is 22.7. The van der Waals surface area contributed by atoms with Gasteiger partial charge >= 0.3 is 29.9 Å². The van der Waals surface area contributed by atoms with Gasteiger partial charge in [-0.3, -0.25) is 0 Å². The lowest BCUT2D eigenvalue weighted by Crippen LogP contribution is -2.72. The molecule has 1 aliphatic heterocycles. The molecule has 1 aromatic rings. The van der Waals surface area contributed by atoms with Crippen LogP contribution in [0.3, 0.4) is 0 Å². The van der Waals surface area contributed by atoms with Crippen molar-refractivity contribution in [3.05, 3.63) is 35.4 Å². The van der Waals surface area contributed by atoms with Crippen LogP contribution in [-0.2, 0) is 0 Å². The van der Waals surface area contributed by atoms with Gasteiger partial charge in [0.2, 0.25) is 0 Å². The summed E-state index contributed by atoms with van der Waals surface area (Å²) in [5.41, 5.74) is -0.379. The highest BCUT2D eigenvalue weighted by atomic mass is 19.4. The quantitative estimate of drug-likeness (QED) is 0.686. The van der Waals surface area contributed by atoms with E-state index in [1.807, 2.05) is 0 Å². The third-order valence-electron chi connectivity index (χ3n) is 3.88. The summed E-state index contributed by atoms with van der Waals surface area (Å²) in [6.07, 6.45) is -7.25. The predicted octanol–water partition coefficient (Wildman–Crippen LogP) is 4.76. The summed E-state index contributed by atoms with van der Waals surface area (Å²) in [5, 5.41) is 18.4. The second kappa shape index (κ2) is 6.22. The number of benzene rings is 1. The van der Waals surface area contributed by atoms with Crippen LogP contribution in [0, 0.1) is 11.3 Å². The highest BCUT2D eigenvalue weighted by Crippen LogP contribution is 2.60. The Morgan fingerprint density at radius 3 is 1.90 bits per heavy atom. The maximum atomic E-state index is 14.1. The van der Waals surface area contributed by atoms with Gasteiger partial charge < -0.3 is 9.84 Å². The van der Waals surface area contributed by atoms with Crippen molar-refractivity contribution in [2.24, 2.45) is 0 Å². The lowest BCUT2D eigenvalue weighted by molar-refractivity contribution is -0.444. The summed E-state index contributed by atoms with van der Waals surface area (Å²) in [6.45, 7) is 0. The van der Waals surface area contributed by atoms with Crippen molar-refractivity contribution in [2.45, 2.75) is 35.7 Å². The lowest BCUT2D eigenvalue weighted by Gasteiger charge is -2.43. The second-order valence-electron chi connectivity index (χ2n) is 5.79. The summed E-state index contributed by atoms with van der Waals surface area (Å²) < 4.78 is 149. The second-order valence-corrected chi connectivity index (χ2v) is 5.79. The average molecular weight is 441 g/mol. The molecule has 0 spiro atoms. The minimum absolute atomic E-state index is 0.101. The zero-order valence-electron chi connectivity index (χ0n) is 13.3. The largest absolute Gasteiger partial charge is 0.460 e. The maximum Gasteiger partial charge on any atom is 0.460 e. The number of ether oxygens (including phenoxy) is 1. The minimum atomic E-state index is -7.68. The molecule has 0 fully saturated rings. The van der Waals surface area contributed by atoms with E-state index in [2.05, 4.69) is 4.74 Å². The molecule has 0 aliphatic carbocycles. The molecular formula is C15H6F11NO2. The molecule has 1 N–H and O–H groups in total. The van der Waals surface area contributed by atoms with Crippen LogP contribution in [0.25, 0.3) is 6.08 Å². The Balaban J connectivity index is 2.55. The fraction of sp³-hybridized carbons (Fsp3) is 0.400. The number of hydrogen-bond donors (Lipinski definition) is 1. The van der Waals surface area contributed by atoms with Gasteiger partial charge in [-0.15, -0.1) is 0 Å². The number of alkyl halides is 11. The number of aliphatic hydroxyl groups is 1. The SMILES string of the molecule is N#Cc1ccc2c(c1)C=CC(O)(C(F)(F)C(F)(F)C(F)(F)C(F)(F)C(F)(F)F)O2. The molecule has 160 valence electrons. The third kappa shape index (κ3) is 2.98. The molecule has 0 amide bonds. The molecular weight excluding hydrogens is 435 g/mol. The van der Waals surface area contributed by atoms with Crippen molar-refractivity contribution in [1.29, 1.82) is 5.26 Å². The van der Waals surface area contributed by atoms with E-state index in [-0.39, 0.29) is 17.2 Å². The first-order valence-corrected chi connectivity index (χ1v) is 7.08. The van der Waals surface area contributed by atoms with Crippen LogP contribution in [0.2, 0.25) is 0 Å². The van der Waals surface area contributed by atoms with E-state index in [1.165, 1.54) is 0 Å². The Morgan fingerprint density at radius 1 is 0.862 bits per heavy atom. The Morgan fingerprint density at radius 2 is 1.41 bits per heavy atom. The van der Waals surface area contributed by atoms with Gasteiger partial charge in [-0.2, -0.15) is 53.6 Å². The van der Waals surface area contributed by atoms with Crippen LogP contribution in [0.5, 0.6) is 5.75 Å². The molecule has 0 aromatic heterocycles. The summed E-state index contributed by atoms with van der Waals surface area (Å²) in [5.74, 6) is -35.0. The van der Waals surface area contributed by atoms with Gasteiger partial charge in [0.05, 0.1) is 11.6 Å². The number of nitriles is 1. The first-order valence-electron chi connectivity index (χ1n) is 7.08. The topological polar surface area (TPSA) is 53.2 Å². The summed E-state index contributed by atoms with van der Waals surface area (Å²) in [6, 6.07) is 4.09. The Bertz CT molecular complexity index is 885. The molecule has 0 bridgehead atoms. The summed E-state index contributed by atoms with van der Waals surface area (Å²) >= 11 is 0. The molecule has 2 rings (SSSR count).